The summed E-state index contributed by atoms with van der Waals surface area (Å²) < 4.78 is 5.75. The van der Waals surface area contributed by atoms with Crippen LogP contribution in [-0.4, -0.2) is 23.5 Å². The Kier molecular flexibility index (Phi) is 3.22. The molecule has 1 aliphatic carbocycles. The minimum absolute atomic E-state index is 0.132. The van der Waals surface area contributed by atoms with Crippen LogP contribution in [0.25, 0.3) is 11.1 Å². The Morgan fingerprint density at radius 3 is 2.85 bits per heavy atom. The molecular weight excluding hydrogens is 256 g/mol. The summed E-state index contributed by atoms with van der Waals surface area (Å²) in [6, 6.07) is 6.06. The number of nitrogens with two attached hydrogens (primary N) is 2. The maximum atomic E-state index is 11.3. The standard InChI is InChI=1S/C14H18N4O2/c15-9-5-6-11-12(7-9)20-14(17-11)18(8-13(16)19)10-3-1-2-4-10/h5-7,10H,1-4,8,15H2,(H2,16,19). The largest absolute Gasteiger partial charge is 0.423 e. The maximum Gasteiger partial charge on any atom is 0.299 e. The molecule has 20 heavy (non-hydrogen) atoms. The van der Waals surface area contributed by atoms with E-state index in [0.29, 0.717) is 17.3 Å². The average molecular weight is 274 g/mol. The average Bonchev–Trinajstić information content (AvgIpc) is 3.04. The van der Waals surface area contributed by atoms with Gasteiger partial charge in [0, 0.05) is 17.8 Å². The zero-order valence-corrected chi connectivity index (χ0v) is 11.2. The normalized spacial score (nSPS) is 15.8. The molecule has 2 aromatic rings. The maximum absolute atomic E-state index is 11.3. The number of carbonyl (C=O) groups is 1. The number of benzene rings is 1. The fourth-order valence-electron chi connectivity index (χ4n) is 2.79. The van der Waals surface area contributed by atoms with Crippen molar-refractivity contribution >= 4 is 28.7 Å². The van der Waals surface area contributed by atoms with Crippen molar-refractivity contribution in [2.75, 3.05) is 17.2 Å². The van der Waals surface area contributed by atoms with E-state index >= 15 is 0 Å². The minimum Gasteiger partial charge on any atom is -0.423 e. The molecule has 0 unspecified atom stereocenters. The van der Waals surface area contributed by atoms with Crippen molar-refractivity contribution in [3.05, 3.63) is 18.2 Å². The molecule has 1 fully saturated rings. The van der Waals surface area contributed by atoms with Gasteiger partial charge >= 0.3 is 0 Å². The highest BCUT2D eigenvalue weighted by Crippen LogP contribution is 2.30. The third-order valence-corrected chi connectivity index (χ3v) is 3.74. The second-order valence-electron chi connectivity index (χ2n) is 5.26. The SMILES string of the molecule is NC(=O)CN(c1nc2ccc(N)cc2o1)C1CCCC1. The molecular formula is C14H18N4O2. The fourth-order valence-corrected chi connectivity index (χ4v) is 2.79. The second kappa shape index (κ2) is 5.03. The van der Waals surface area contributed by atoms with Gasteiger partial charge < -0.3 is 20.8 Å². The first-order valence-corrected chi connectivity index (χ1v) is 6.84. The number of oxazole rings is 1. The third kappa shape index (κ3) is 2.41. The van der Waals surface area contributed by atoms with Crippen LogP contribution in [-0.2, 0) is 4.79 Å². The molecule has 1 aromatic carbocycles. The number of rotatable bonds is 4. The molecule has 0 atom stereocenters. The molecule has 1 aromatic heterocycles. The van der Waals surface area contributed by atoms with E-state index in [0.717, 1.165) is 31.2 Å². The van der Waals surface area contributed by atoms with E-state index in [1.807, 2.05) is 11.0 Å². The van der Waals surface area contributed by atoms with Gasteiger partial charge in [-0.25, -0.2) is 0 Å². The van der Waals surface area contributed by atoms with E-state index in [2.05, 4.69) is 4.98 Å². The Bertz CT molecular complexity index is 631. The van der Waals surface area contributed by atoms with Crippen LogP contribution in [0.3, 0.4) is 0 Å². The quantitative estimate of drug-likeness (QED) is 0.826. The van der Waals surface area contributed by atoms with E-state index < -0.39 is 0 Å². The van der Waals surface area contributed by atoms with Crippen molar-refractivity contribution in [1.29, 1.82) is 0 Å². The second-order valence-corrected chi connectivity index (χ2v) is 5.26. The molecule has 0 bridgehead atoms. The molecule has 0 aliphatic heterocycles. The number of aromatic nitrogens is 1. The van der Waals surface area contributed by atoms with Gasteiger partial charge in [0.05, 0.1) is 0 Å². The van der Waals surface area contributed by atoms with Crippen molar-refractivity contribution in [2.45, 2.75) is 31.7 Å². The summed E-state index contributed by atoms with van der Waals surface area (Å²) in [7, 11) is 0. The van der Waals surface area contributed by atoms with Crippen LogP contribution in [0.4, 0.5) is 11.7 Å². The Labute approximate surface area is 116 Å². The molecule has 6 nitrogen and oxygen atoms in total. The van der Waals surface area contributed by atoms with Gasteiger partial charge in [0.1, 0.15) is 12.1 Å². The highest BCUT2D eigenvalue weighted by atomic mass is 16.4. The van der Waals surface area contributed by atoms with Crippen LogP contribution in [0.1, 0.15) is 25.7 Å². The predicted octanol–water partition coefficient (Wildman–Crippen LogP) is 1.64. The van der Waals surface area contributed by atoms with Gasteiger partial charge in [-0.05, 0) is 25.0 Å². The van der Waals surface area contributed by atoms with E-state index in [1.165, 1.54) is 0 Å². The van der Waals surface area contributed by atoms with Gasteiger partial charge in [0.25, 0.3) is 6.01 Å². The smallest absolute Gasteiger partial charge is 0.299 e. The molecule has 0 spiro atoms. The first-order valence-electron chi connectivity index (χ1n) is 6.84. The first-order chi connectivity index (χ1) is 9.63. The number of nitrogen functional groups attached to an aromatic ring is 1. The van der Waals surface area contributed by atoms with Gasteiger partial charge in [0.15, 0.2) is 5.58 Å². The summed E-state index contributed by atoms with van der Waals surface area (Å²) in [5, 5.41) is 0. The predicted molar refractivity (Wildman–Crippen MR) is 77.2 cm³/mol. The zero-order valence-electron chi connectivity index (χ0n) is 11.2. The lowest BCUT2D eigenvalue weighted by molar-refractivity contribution is -0.116. The highest BCUT2D eigenvalue weighted by Gasteiger charge is 2.27. The van der Waals surface area contributed by atoms with Crippen LogP contribution in [0.5, 0.6) is 0 Å². The molecule has 6 heteroatoms. The van der Waals surface area contributed by atoms with Crippen LogP contribution >= 0.6 is 0 Å². The Balaban J connectivity index is 1.96. The van der Waals surface area contributed by atoms with Crippen molar-refractivity contribution in [3.63, 3.8) is 0 Å². The number of anilines is 2. The summed E-state index contributed by atoms with van der Waals surface area (Å²) in [4.78, 5) is 17.6. The van der Waals surface area contributed by atoms with Crippen molar-refractivity contribution in [3.8, 4) is 0 Å². The van der Waals surface area contributed by atoms with E-state index in [-0.39, 0.29) is 18.5 Å². The molecule has 1 heterocycles. The molecule has 1 saturated carbocycles. The lowest BCUT2D eigenvalue weighted by Crippen LogP contribution is -2.40. The number of carbonyl (C=O) groups excluding carboxylic acids is 1. The number of nitrogens with zero attached hydrogens (tertiary/aromatic N) is 2. The third-order valence-electron chi connectivity index (χ3n) is 3.74. The molecule has 0 radical (unpaired) electrons. The van der Waals surface area contributed by atoms with Crippen LogP contribution in [0, 0.1) is 0 Å². The fraction of sp³-hybridized carbons (Fsp3) is 0.429. The topological polar surface area (TPSA) is 98.4 Å². The van der Waals surface area contributed by atoms with Crippen LogP contribution < -0.4 is 16.4 Å². The van der Waals surface area contributed by atoms with Gasteiger partial charge in [-0.2, -0.15) is 4.98 Å². The number of hydrogen-bond donors (Lipinski definition) is 2. The van der Waals surface area contributed by atoms with Gasteiger partial charge in [-0.15, -0.1) is 0 Å². The monoisotopic (exact) mass is 274 g/mol. The van der Waals surface area contributed by atoms with Crippen molar-refractivity contribution in [2.24, 2.45) is 5.73 Å². The number of hydrogen-bond acceptors (Lipinski definition) is 5. The zero-order chi connectivity index (χ0) is 14.1. The lowest BCUT2D eigenvalue weighted by Gasteiger charge is -2.25. The van der Waals surface area contributed by atoms with Gasteiger partial charge in [-0.3, -0.25) is 4.79 Å². The molecule has 3 rings (SSSR count). The Hall–Kier alpha value is -2.24. The van der Waals surface area contributed by atoms with Crippen LogP contribution in [0.2, 0.25) is 0 Å². The van der Waals surface area contributed by atoms with E-state index in [1.54, 1.807) is 12.1 Å². The minimum atomic E-state index is -0.376. The highest BCUT2D eigenvalue weighted by molar-refractivity contribution is 5.81. The molecule has 0 saturated heterocycles. The van der Waals surface area contributed by atoms with Crippen molar-refractivity contribution in [1.82, 2.24) is 4.98 Å². The lowest BCUT2D eigenvalue weighted by atomic mass is 10.2. The van der Waals surface area contributed by atoms with Crippen molar-refractivity contribution < 1.29 is 9.21 Å². The summed E-state index contributed by atoms with van der Waals surface area (Å²) >= 11 is 0. The molecule has 1 aliphatic rings. The Morgan fingerprint density at radius 2 is 2.15 bits per heavy atom. The summed E-state index contributed by atoms with van der Waals surface area (Å²) in [6.07, 6.45) is 4.39. The molecule has 4 N–H and O–H groups in total. The summed E-state index contributed by atoms with van der Waals surface area (Å²) in [5.74, 6) is -0.376. The van der Waals surface area contributed by atoms with E-state index in [9.17, 15) is 4.79 Å². The van der Waals surface area contributed by atoms with E-state index in [4.69, 9.17) is 15.9 Å². The summed E-state index contributed by atoms with van der Waals surface area (Å²) in [5.41, 5.74) is 13.1. The first kappa shape index (κ1) is 12.8. The van der Waals surface area contributed by atoms with Gasteiger partial charge in [-0.1, -0.05) is 12.8 Å². The summed E-state index contributed by atoms with van der Waals surface area (Å²) in [6.45, 7) is 0.132. The van der Waals surface area contributed by atoms with Crippen LogP contribution in [0.15, 0.2) is 22.6 Å². The number of fused-ring (bicyclic) bond motifs is 1. The Morgan fingerprint density at radius 1 is 1.40 bits per heavy atom. The number of amides is 1. The van der Waals surface area contributed by atoms with Gasteiger partial charge in [0.2, 0.25) is 5.91 Å². The molecule has 1 amide bonds. The number of primary amides is 1. The molecule has 106 valence electrons.